The summed E-state index contributed by atoms with van der Waals surface area (Å²) in [5.41, 5.74) is 6.31. The van der Waals surface area contributed by atoms with E-state index in [2.05, 4.69) is 29.7 Å². The topological polar surface area (TPSA) is 114 Å². The van der Waals surface area contributed by atoms with Crippen LogP contribution in [0, 0.1) is 18.8 Å². The molecule has 0 aliphatic carbocycles. The molecule has 1 fully saturated rings. The van der Waals surface area contributed by atoms with Gasteiger partial charge < -0.3 is 21.1 Å². The SMILES string of the molecule is CC(C)CC(N)C(=O)NCC(=O)NC(CC(C)C)C(=O)C1(C)CO1.Cc1ccccc1. The third-order valence-corrected chi connectivity index (χ3v) is 4.88. The van der Waals surface area contributed by atoms with Crippen LogP contribution in [0.4, 0.5) is 0 Å². The van der Waals surface area contributed by atoms with Crippen LogP contribution in [0.3, 0.4) is 0 Å². The molecule has 0 spiro atoms. The fourth-order valence-electron chi connectivity index (χ4n) is 3.02. The maximum atomic E-state index is 12.4. The molecule has 1 saturated heterocycles. The molecule has 1 aliphatic rings. The molecule has 174 valence electrons. The van der Waals surface area contributed by atoms with Crippen LogP contribution in [-0.4, -0.2) is 48.4 Å². The first-order valence-corrected chi connectivity index (χ1v) is 11.0. The van der Waals surface area contributed by atoms with E-state index in [0.717, 1.165) is 0 Å². The quantitative estimate of drug-likeness (QED) is 0.490. The number of carbonyl (C=O) groups is 3. The molecule has 3 unspecified atom stereocenters. The van der Waals surface area contributed by atoms with E-state index in [1.54, 1.807) is 6.92 Å². The average Bonchev–Trinajstić information content (AvgIpc) is 3.44. The maximum absolute atomic E-state index is 12.4. The number of hydrogen-bond acceptors (Lipinski definition) is 5. The van der Waals surface area contributed by atoms with Gasteiger partial charge in [-0.2, -0.15) is 0 Å². The highest BCUT2D eigenvalue weighted by Gasteiger charge is 2.50. The van der Waals surface area contributed by atoms with Crippen molar-refractivity contribution < 1.29 is 19.1 Å². The van der Waals surface area contributed by atoms with Gasteiger partial charge in [0.05, 0.1) is 25.2 Å². The molecule has 0 bridgehead atoms. The lowest BCUT2D eigenvalue weighted by molar-refractivity contribution is -0.131. The van der Waals surface area contributed by atoms with Crippen LogP contribution in [0.25, 0.3) is 0 Å². The summed E-state index contributed by atoms with van der Waals surface area (Å²) in [6.45, 7) is 11.9. The molecule has 4 N–H and O–H groups in total. The minimum absolute atomic E-state index is 0.118. The predicted molar refractivity (Wildman–Crippen MR) is 122 cm³/mol. The van der Waals surface area contributed by atoms with Gasteiger partial charge in [-0.15, -0.1) is 0 Å². The molecule has 7 nitrogen and oxygen atoms in total. The molecule has 0 saturated carbocycles. The van der Waals surface area contributed by atoms with Crippen LogP contribution in [0.15, 0.2) is 30.3 Å². The van der Waals surface area contributed by atoms with E-state index in [4.69, 9.17) is 10.5 Å². The van der Waals surface area contributed by atoms with Crippen LogP contribution in [0.2, 0.25) is 0 Å². The molecule has 1 aromatic rings. The second-order valence-corrected chi connectivity index (χ2v) is 9.24. The number of epoxide rings is 1. The summed E-state index contributed by atoms with van der Waals surface area (Å²) in [6, 6.07) is 9.02. The number of rotatable bonds is 10. The van der Waals surface area contributed by atoms with Crippen molar-refractivity contribution in [1.29, 1.82) is 0 Å². The summed E-state index contributed by atoms with van der Waals surface area (Å²) in [6.07, 6.45) is 1.09. The molecule has 2 amide bonds. The monoisotopic (exact) mass is 433 g/mol. The molecular formula is C24H39N3O4. The van der Waals surface area contributed by atoms with Crippen molar-refractivity contribution in [3.63, 3.8) is 0 Å². The third-order valence-electron chi connectivity index (χ3n) is 4.88. The Morgan fingerprint density at radius 1 is 1.06 bits per heavy atom. The van der Waals surface area contributed by atoms with E-state index >= 15 is 0 Å². The minimum atomic E-state index is -0.782. The number of nitrogens with one attached hydrogen (secondary N) is 2. The van der Waals surface area contributed by atoms with Gasteiger partial charge in [0.25, 0.3) is 0 Å². The van der Waals surface area contributed by atoms with Gasteiger partial charge in [0.2, 0.25) is 11.8 Å². The smallest absolute Gasteiger partial charge is 0.239 e. The first-order valence-electron chi connectivity index (χ1n) is 11.0. The third kappa shape index (κ3) is 10.6. The number of hydrogen-bond donors (Lipinski definition) is 3. The second-order valence-electron chi connectivity index (χ2n) is 9.24. The Balaban J connectivity index is 0.000000577. The van der Waals surface area contributed by atoms with Gasteiger partial charge >= 0.3 is 0 Å². The summed E-state index contributed by atoms with van der Waals surface area (Å²) in [4.78, 5) is 36.3. The van der Waals surface area contributed by atoms with Crippen LogP contribution in [0.5, 0.6) is 0 Å². The van der Waals surface area contributed by atoms with Gasteiger partial charge in [0, 0.05) is 0 Å². The number of carbonyl (C=O) groups excluding carboxylic acids is 3. The zero-order valence-corrected chi connectivity index (χ0v) is 19.7. The molecule has 0 radical (unpaired) electrons. The number of ether oxygens (including phenoxy) is 1. The van der Waals surface area contributed by atoms with Crippen LogP contribution < -0.4 is 16.4 Å². The molecular weight excluding hydrogens is 394 g/mol. The molecule has 3 atom stereocenters. The Morgan fingerprint density at radius 2 is 1.61 bits per heavy atom. The first kappa shape index (κ1) is 26.8. The summed E-state index contributed by atoms with van der Waals surface area (Å²) in [7, 11) is 0. The van der Waals surface area contributed by atoms with E-state index in [1.165, 1.54) is 5.56 Å². The Labute approximate surface area is 186 Å². The highest BCUT2D eigenvalue weighted by Crippen LogP contribution is 2.29. The summed E-state index contributed by atoms with van der Waals surface area (Å²) in [5.74, 6) is -0.332. The molecule has 1 heterocycles. The fourth-order valence-corrected chi connectivity index (χ4v) is 3.02. The minimum Gasteiger partial charge on any atom is -0.361 e. The first-order chi connectivity index (χ1) is 14.4. The van der Waals surface area contributed by atoms with Crippen molar-refractivity contribution in [1.82, 2.24) is 10.6 Å². The number of Topliss-reactive ketones (excluding diaryl/α,β-unsaturated/α-hetero) is 1. The lowest BCUT2D eigenvalue weighted by Gasteiger charge is -2.21. The van der Waals surface area contributed by atoms with Crippen molar-refractivity contribution in [2.24, 2.45) is 17.6 Å². The molecule has 31 heavy (non-hydrogen) atoms. The summed E-state index contributed by atoms with van der Waals surface area (Å²) < 4.78 is 5.18. The Hall–Kier alpha value is -2.25. The van der Waals surface area contributed by atoms with Crippen molar-refractivity contribution in [2.75, 3.05) is 13.2 Å². The van der Waals surface area contributed by atoms with Gasteiger partial charge in [-0.05, 0) is 38.5 Å². The van der Waals surface area contributed by atoms with E-state index in [1.807, 2.05) is 45.9 Å². The van der Waals surface area contributed by atoms with Crippen molar-refractivity contribution >= 4 is 17.6 Å². The van der Waals surface area contributed by atoms with Gasteiger partial charge in [-0.1, -0.05) is 63.6 Å². The Morgan fingerprint density at radius 3 is 2.03 bits per heavy atom. The van der Waals surface area contributed by atoms with Crippen LogP contribution >= 0.6 is 0 Å². The highest BCUT2D eigenvalue weighted by atomic mass is 16.6. The number of benzene rings is 1. The van der Waals surface area contributed by atoms with Crippen LogP contribution in [0.1, 0.15) is 53.0 Å². The highest BCUT2D eigenvalue weighted by molar-refractivity contribution is 5.97. The zero-order chi connectivity index (χ0) is 23.6. The number of amides is 2. The molecule has 0 aromatic heterocycles. The van der Waals surface area contributed by atoms with Gasteiger partial charge in [-0.25, -0.2) is 0 Å². The second kappa shape index (κ2) is 12.6. The maximum Gasteiger partial charge on any atom is 0.239 e. The standard InChI is InChI=1S/C17H31N3O4.C7H8/c1-10(2)6-12(18)16(23)19-8-14(21)20-13(7-11(3)4)15(22)17(5)9-24-17;1-7-5-3-2-4-6-7/h10-13H,6-9,18H2,1-5H3,(H,19,23)(H,20,21);2-6H,1H3. The normalized spacial score (nSPS) is 19.1. The van der Waals surface area contributed by atoms with Gasteiger partial charge in [0.15, 0.2) is 5.78 Å². The Bertz CT molecular complexity index is 715. The number of nitrogens with two attached hydrogens (primary N) is 1. The largest absolute Gasteiger partial charge is 0.361 e. The summed E-state index contributed by atoms with van der Waals surface area (Å²) >= 11 is 0. The van der Waals surface area contributed by atoms with Gasteiger partial charge in [-0.3, -0.25) is 14.4 Å². The molecule has 1 aromatic carbocycles. The lowest BCUT2D eigenvalue weighted by Crippen LogP contribution is -2.51. The molecule has 2 rings (SSSR count). The number of aryl methyl sites for hydroxylation is 1. The van der Waals surface area contributed by atoms with Crippen LogP contribution in [-0.2, 0) is 19.1 Å². The fraction of sp³-hybridized carbons (Fsp3) is 0.625. The molecule has 1 aliphatic heterocycles. The average molecular weight is 434 g/mol. The van der Waals surface area contributed by atoms with E-state index in [-0.39, 0.29) is 24.2 Å². The van der Waals surface area contributed by atoms with E-state index in [0.29, 0.717) is 25.4 Å². The lowest BCUT2D eigenvalue weighted by atomic mass is 9.93. The predicted octanol–water partition coefficient (Wildman–Crippen LogP) is 2.36. The van der Waals surface area contributed by atoms with Crippen molar-refractivity contribution in [3.8, 4) is 0 Å². The zero-order valence-electron chi connectivity index (χ0n) is 19.7. The number of ketones is 1. The van der Waals surface area contributed by atoms with E-state index in [9.17, 15) is 14.4 Å². The molecule has 7 heteroatoms. The summed E-state index contributed by atoms with van der Waals surface area (Å²) in [5, 5.41) is 5.23. The Kier molecular flexibility index (Phi) is 10.9. The van der Waals surface area contributed by atoms with Gasteiger partial charge in [0.1, 0.15) is 5.60 Å². The van der Waals surface area contributed by atoms with Crippen molar-refractivity contribution in [3.05, 3.63) is 35.9 Å². The van der Waals surface area contributed by atoms with Crippen molar-refractivity contribution in [2.45, 2.75) is 72.1 Å². The van der Waals surface area contributed by atoms with E-state index < -0.39 is 23.6 Å².